The summed E-state index contributed by atoms with van der Waals surface area (Å²) in [6, 6.07) is 0. The summed E-state index contributed by atoms with van der Waals surface area (Å²) in [5, 5.41) is 8.59. The van der Waals surface area contributed by atoms with Gasteiger partial charge in [-0.05, 0) is 0 Å². The molecule has 0 aromatic rings. The van der Waals surface area contributed by atoms with Crippen molar-refractivity contribution in [2.45, 2.75) is 5.32 Å². The molecule has 0 bridgehead atoms. The molecule has 0 aliphatic carbocycles. The van der Waals surface area contributed by atoms with Gasteiger partial charge >= 0.3 is 62.6 Å². The largest absolute Gasteiger partial charge is 1.00 e. The molecule has 0 saturated carbocycles. The zero-order valence-corrected chi connectivity index (χ0v) is 6.98. The van der Waals surface area contributed by atoms with Crippen molar-refractivity contribution in [1.29, 1.82) is 0 Å². The third kappa shape index (κ3) is 10.8. The molecule has 0 aromatic heterocycles. The van der Waals surface area contributed by atoms with Crippen molar-refractivity contribution in [3.05, 3.63) is 0 Å². The van der Waals surface area contributed by atoms with E-state index in [1.54, 1.807) is 0 Å². The van der Waals surface area contributed by atoms with E-state index in [2.05, 4.69) is 16.0 Å². The predicted octanol–water partition coefficient (Wildman–Crippen LogP) is -3.43. The Morgan fingerprint density at radius 3 is 1.80 bits per heavy atom. The normalized spacial score (nSPS) is 6.00. The van der Waals surface area contributed by atoms with Gasteiger partial charge in [0.05, 0.1) is 0 Å². The van der Waals surface area contributed by atoms with Crippen LogP contribution in [0.4, 0.5) is 0 Å². The molecule has 0 spiro atoms. The van der Waals surface area contributed by atoms with Crippen LogP contribution in [0.1, 0.15) is 0 Å². The summed E-state index contributed by atoms with van der Waals surface area (Å²) in [4.78, 5) is 0. The Labute approximate surface area is 62.2 Å². The molecular formula is C2H5NaOSe. The van der Waals surface area contributed by atoms with Gasteiger partial charge in [-0.1, -0.05) is 0 Å². The minimum atomic E-state index is 0. The maximum Gasteiger partial charge on any atom is 1.00 e. The van der Waals surface area contributed by atoms with Crippen molar-refractivity contribution in [2.24, 2.45) is 0 Å². The number of rotatable bonds is 1. The SMILES string of the molecule is OCC[Se-].[Na+]. The third-order valence-corrected chi connectivity index (χ3v) is 0.474. The van der Waals surface area contributed by atoms with E-state index in [0.717, 1.165) is 5.32 Å². The van der Waals surface area contributed by atoms with Crippen molar-refractivity contribution in [3.63, 3.8) is 0 Å². The molecule has 0 aliphatic heterocycles. The number of aliphatic hydroxyl groups excluding tert-OH is 1. The van der Waals surface area contributed by atoms with Crippen LogP contribution in [0.2, 0.25) is 5.32 Å². The first-order valence-electron chi connectivity index (χ1n) is 1.10. The maximum atomic E-state index is 7.84. The summed E-state index contributed by atoms with van der Waals surface area (Å²) in [6.07, 6.45) is 0. The van der Waals surface area contributed by atoms with Gasteiger partial charge in [-0.2, -0.15) is 0 Å². The first-order chi connectivity index (χ1) is 1.91. The molecule has 0 fully saturated rings. The molecule has 0 unspecified atom stereocenters. The smallest absolute Gasteiger partial charge is 1.00 e. The van der Waals surface area contributed by atoms with E-state index >= 15 is 0 Å². The maximum absolute atomic E-state index is 7.84. The van der Waals surface area contributed by atoms with Crippen LogP contribution in [0.15, 0.2) is 0 Å². The Morgan fingerprint density at radius 1 is 1.60 bits per heavy atom. The second-order valence-corrected chi connectivity index (χ2v) is 1.28. The average Bonchev–Trinajstić information content (AvgIpc) is 1.37. The zero-order chi connectivity index (χ0) is 3.41. The Hall–Kier alpha value is 1.48. The number of hydrogen-bond acceptors (Lipinski definition) is 1. The van der Waals surface area contributed by atoms with Crippen LogP contribution in [0.25, 0.3) is 0 Å². The Kier molecular flexibility index (Phi) is 17.6. The van der Waals surface area contributed by atoms with Gasteiger partial charge in [-0.25, -0.2) is 0 Å². The van der Waals surface area contributed by atoms with Gasteiger partial charge in [0.25, 0.3) is 0 Å². The van der Waals surface area contributed by atoms with Crippen LogP contribution in [-0.4, -0.2) is 27.7 Å². The second-order valence-electron chi connectivity index (χ2n) is 0.428. The summed E-state index contributed by atoms with van der Waals surface area (Å²) in [7, 11) is 0. The second kappa shape index (κ2) is 9.08. The third-order valence-electron chi connectivity index (χ3n) is 0.0913. The minimum absolute atomic E-state index is 0. The molecule has 0 saturated heterocycles. The van der Waals surface area contributed by atoms with E-state index in [0.29, 0.717) is 0 Å². The topological polar surface area (TPSA) is 20.2 Å². The van der Waals surface area contributed by atoms with E-state index in [-0.39, 0.29) is 36.2 Å². The van der Waals surface area contributed by atoms with Crippen molar-refractivity contribution < 1.29 is 34.7 Å². The van der Waals surface area contributed by atoms with E-state index in [4.69, 9.17) is 5.11 Å². The van der Waals surface area contributed by atoms with Crippen LogP contribution in [0.5, 0.6) is 0 Å². The van der Waals surface area contributed by atoms with Crippen molar-refractivity contribution in [3.8, 4) is 0 Å². The molecule has 0 aromatic carbocycles. The van der Waals surface area contributed by atoms with Gasteiger partial charge in [-0.15, -0.1) is 0 Å². The van der Waals surface area contributed by atoms with Crippen LogP contribution in [-0.2, 0) is 0 Å². The molecule has 0 rings (SSSR count). The molecule has 26 valence electrons. The fourth-order valence-corrected chi connectivity index (χ4v) is 0. The summed E-state index contributed by atoms with van der Waals surface area (Å²) in [5.74, 6) is 0. The Bertz CT molecular complexity index is 11.6. The summed E-state index contributed by atoms with van der Waals surface area (Å²) in [5.41, 5.74) is 0. The van der Waals surface area contributed by atoms with Crippen molar-refractivity contribution in [1.82, 2.24) is 0 Å². The summed E-state index contributed by atoms with van der Waals surface area (Å²) < 4.78 is 0. The Morgan fingerprint density at radius 2 is 1.80 bits per heavy atom. The van der Waals surface area contributed by atoms with E-state index in [1.807, 2.05) is 0 Å². The van der Waals surface area contributed by atoms with Crippen molar-refractivity contribution in [2.75, 3.05) is 6.61 Å². The molecule has 3 heteroatoms. The summed E-state index contributed by atoms with van der Waals surface area (Å²) in [6.45, 7) is 0.264. The van der Waals surface area contributed by atoms with Crippen LogP contribution < -0.4 is 29.6 Å². The molecule has 0 atom stereocenters. The summed E-state index contributed by atoms with van der Waals surface area (Å²) >= 11 is 2.64. The predicted molar refractivity (Wildman–Crippen MR) is 17.6 cm³/mol. The molecule has 1 N–H and O–H groups in total. The zero-order valence-electron chi connectivity index (χ0n) is 3.27. The van der Waals surface area contributed by atoms with Gasteiger partial charge in [0.2, 0.25) is 0 Å². The van der Waals surface area contributed by atoms with Crippen LogP contribution >= 0.6 is 0 Å². The van der Waals surface area contributed by atoms with E-state index in [1.165, 1.54) is 0 Å². The molecule has 0 amide bonds. The van der Waals surface area contributed by atoms with Gasteiger partial charge in [0.15, 0.2) is 0 Å². The van der Waals surface area contributed by atoms with Gasteiger partial charge in [0, 0.05) is 0 Å². The number of hydrogen-bond donors (Lipinski definition) is 1. The average molecular weight is 147 g/mol. The quantitative estimate of drug-likeness (QED) is 0.383. The van der Waals surface area contributed by atoms with Crippen LogP contribution in [0.3, 0.4) is 0 Å². The van der Waals surface area contributed by atoms with Gasteiger partial charge < -0.3 is 0 Å². The molecule has 0 radical (unpaired) electrons. The molecule has 0 heterocycles. The molecule has 1 nitrogen and oxygen atoms in total. The van der Waals surface area contributed by atoms with E-state index in [9.17, 15) is 0 Å². The molecule has 0 aliphatic rings. The first-order valence-corrected chi connectivity index (χ1v) is 2.32. The molecule has 5 heavy (non-hydrogen) atoms. The first kappa shape index (κ1) is 9.70. The minimum Gasteiger partial charge on any atom is 1.00 e. The Balaban J connectivity index is 0. The van der Waals surface area contributed by atoms with Gasteiger partial charge in [0.1, 0.15) is 0 Å². The standard InChI is InChI=1S/C2H6OSe.Na/c3-1-2-4;/h3-4H,1-2H2;/q;+1/p-1. The fraction of sp³-hybridized carbons (Fsp3) is 1.00. The fourth-order valence-electron chi connectivity index (χ4n) is 0. The number of aliphatic hydroxyl groups is 1. The molecular weight excluding hydrogens is 142 g/mol. The van der Waals surface area contributed by atoms with Crippen LogP contribution in [0, 0.1) is 0 Å². The van der Waals surface area contributed by atoms with Gasteiger partial charge in [-0.3, -0.25) is 0 Å². The van der Waals surface area contributed by atoms with E-state index < -0.39 is 0 Å². The monoisotopic (exact) mass is 148 g/mol. The van der Waals surface area contributed by atoms with Crippen molar-refractivity contribution >= 4 is 16.0 Å².